The van der Waals surface area contributed by atoms with E-state index in [4.69, 9.17) is 0 Å². The van der Waals surface area contributed by atoms with Gasteiger partial charge in [0, 0.05) is 12.1 Å². The molecule has 2 aromatic carbocycles. The van der Waals surface area contributed by atoms with Crippen LogP contribution in [0.15, 0.2) is 53.6 Å². The number of rotatable bonds is 7. The molecular weight excluding hydrogens is 417 g/mol. The SMILES string of the molecule is CCS(=O)(=O)Nc1ccc(C2=NN(S(=O)(=O)CC)[C@@H](c3cccc(F)c3)C2)cc1. The molecule has 10 heteroatoms. The first kappa shape index (κ1) is 21.3. The first-order valence-corrected chi connectivity index (χ1v) is 12.4. The monoisotopic (exact) mass is 439 g/mol. The topological polar surface area (TPSA) is 95.9 Å². The van der Waals surface area contributed by atoms with E-state index < -0.39 is 31.9 Å². The van der Waals surface area contributed by atoms with E-state index in [-0.39, 0.29) is 17.9 Å². The van der Waals surface area contributed by atoms with Crippen molar-refractivity contribution in [2.75, 3.05) is 16.2 Å². The number of anilines is 1. The summed E-state index contributed by atoms with van der Waals surface area (Å²) in [6.07, 6.45) is 0.280. The molecule has 0 amide bonds. The van der Waals surface area contributed by atoms with Gasteiger partial charge >= 0.3 is 0 Å². The van der Waals surface area contributed by atoms with Gasteiger partial charge < -0.3 is 0 Å². The molecule has 1 heterocycles. The maximum absolute atomic E-state index is 13.7. The minimum Gasteiger partial charge on any atom is -0.284 e. The van der Waals surface area contributed by atoms with Crippen molar-refractivity contribution in [2.45, 2.75) is 26.3 Å². The van der Waals surface area contributed by atoms with Crippen molar-refractivity contribution in [3.63, 3.8) is 0 Å². The number of hydrogen-bond acceptors (Lipinski definition) is 5. The minimum absolute atomic E-state index is 0.0411. The van der Waals surface area contributed by atoms with E-state index in [9.17, 15) is 21.2 Å². The number of hydrogen-bond donors (Lipinski definition) is 1. The molecule has 0 saturated heterocycles. The Kier molecular flexibility index (Phi) is 5.95. The lowest BCUT2D eigenvalue weighted by atomic mass is 9.99. The van der Waals surface area contributed by atoms with E-state index in [0.29, 0.717) is 22.5 Å². The van der Waals surface area contributed by atoms with Gasteiger partial charge in [0.15, 0.2) is 0 Å². The summed E-state index contributed by atoms with van der Waals surface area (Å²) in [4.78, 5) is 0. The summed E-state index contributed by atoms with van der Waals surface area (Å²) in [7, 11) is -7.04. The van der Waals surface area contributed by atoms with Gasteiger partial charge in [0.25, 0.3) is 0 Å². The molecule has 1 atom stereocenters. The maximum atomic E-state index is 13.7. The molecule has 29 heavy (non-hydrogen) atoms. The van der Waals surface area contributed by atoms with Crippen molar-refractivity contribution in [3.05, 3.63) is 65.5 Å². The van der Waals surface area contributed by atoms with E-state index in [1.54, 1.807) is 37.3 Å². The summed E-state index contributed by atoms with van der Waals surface area (Å²) < 4.78 is 65.6. The summed E-state index contributed by atoms with van der Waals surface area (Å²) in [5, 5.41) is 4.31. The summed E-state index contributed by atoms with van der Waals surface area (Å²) in [6, 6.07) is 11.7. The third-order valence-corrected chi connectivity index (χ3v) is 7.57. The van der Waals surface area contributed by atoms with Gasteiger partial charge in [-0.3, -0.25) is 4.72 Å². The third-order valence-electron chi connectivity index (χ3n) is 4.63. The van der Waals surface area contributed by atoms with Crippen molar-refractivity contribution >= 4 is 31.4 Å². The Morgan fingerprint density at radius 3 is 2.34 bits per heavy atom. The van der Waals surface area contributed by atoms with Crippen LogP contribution < -0.4 is 4.72 Å². The normalized spacial score (nSPS) is 17.3. The molecular formula is C19H22FN3O4S2. The Morgan fingerprint density at radius 1 is 1.07 bits per heavy atom. The molecule has 1 aliphatic heterocycles. The van der Waals surface area contributed by atoms with Crippen LogP contribution in [0.2, 0.25) is 0 Å². The molecule has 0 aromatic heterocycles. The molecule has 1 aliphatic rings. The lowest BCUT2D eigenvalue weighted by Crippen LogP contribution is -2.28. The molecule has 0 spiro atoms. The molecule has 3 rings (SSSR count). The highest BCUT2D eigenvalue weighted by Gasteiger charge is 2.35. The molecule has 156 valence electrons. The zero-order valence-electron chi connectivity index (χ0n) is 16.0. The highest BCUT2D eigenvalue weighted by Crippen LogP contribution is 2.35. The predicted octanol–water partition coefficient (Wildman–Crippen LogP) is 3.09. The second kappa shape index (κ2) is 8.11. The van der Waals surface area contributed by atoms with Gasteiger partial charge in [-0.05, 0) is 49.2 Å². The van der Waals surface area contributed by atoms with Crippen LogP contribution in [0, 0.1) is 5.82 Å². The molecule has 0 unspecified atom stereocenters. The number of nitrogens with zero attached hydrogens (tertiary/aromatic N) is 2. The molecule has 7 nitrogen and oxygen atoms in total. The maximum Gasteiger partial charge on any atom is 0.250 e. The van der Waals surface area contributed by atoms with Gasteiger partial charge in [-0.2, -0.15) is 9.52 Å². The lowest BCUT2D eigenvalue weighted by Gasteiger charge is -2.22. The van der Waals surface area contributed by atoms with Gasteiger partial charge in [-0.15, -0.1) is 0 Å². The molecule has 0 radical (unpaired) electrons. The fourth-order valence-electron chi connectivity index (χ4n) is 3.00. The second-order valence-electron chi connectivity index (χ2n) is 6.58. The van der Waals surface area contributed by atoms with E-state index in [1.807, 2.05) is 0 Å². The van der Waals surface area contributed by atoms with E-state index in [1.165, 1.54) is 25.1 Å². The Labute approximate surface area is 170 Å². The number of halogens is 1. The highest BCUT2D eigenvalue weighted by molar-refractivity contribution is 7.92. The number of benzene rings is 2. The van der Waals surface area contributed by atoms with Crippen molar-refractivity contribution in [1.29, 1.82) is 0 Å². The van der Waals surface area contributed by atoms with Crippen LogP contribution in [0.25, 0.3) is 0 Å². The Hall–Kier alpha value is -2.46. The van der Waals surface area contributed by atoms with Crippen molar-refractivity contribution in [1.82, 2.24) is 4.41 Å². The van der Waals surface area contributed by atoms with Crippen molar-refractivity contribution in [3.8, 4) is 0 Å². The van der Waals surface area contributed by atoms with Crippen LogP contribution in [0.5, 0.6) is 0 Å². The number of hydrazone groups is 1. The molecule has 0 saturated carbocycles. The summed E-state index contributed by atoms with van der Waals surface area (Å²) in [5.74, 6) is -0.620. The van der Waals surface area contributed by atoms with Crippen molar-refractivity contribution in [2.24, 2.45) is 5.10 Å². The van der Waals surface area contributed by atoms with Crippen LogP contribution in [0.1, 0.15) is 37.4 Å². The fourth-order valence-corrected chi connectivity index (χ4v) is 4.71. The summed E-state index contributed by atoms with van der Waals surface area (Å²) >= 11 is 0. The zero-order valence-corrected chi connectivity index (χ0v) is 17.7. The standard InChI is InChI=1S/C19H22FN3O4S2/c1-3-28(24,25)22-17-10-8-14(9-11-17)18-13-19(15-6-5-7-16(20)12-15)23(21-18)29(26,27)4-2/h5-12,19,22H,3-4,13H2,1-2H3/t19-/m1/s1. The Bertz CT molecular complexity index is 1130. The van der Waals surface area contributed by atoms with Crippen molar-refractivity contribution < 1.29 is 21.2 Å². The first-order valence-electron chi connectivity index (χ1n) is 9.11. The van der Waals surface area contributed by atoms with Crippen LogP contribution in [0.3, 0.4) is 0 Å². The number of sulfonamides is 2. The Morgan fingerprint density at radius 2 is 1.76 bits per heavy atom. The van der Waals surface area contributed by atoms with E-state index in [2.05, 4.69) is 9.82 Å². The minimum atomic E-state index is -3.65. The van der Waals surface area contributed by atoms with Gasteiger partial charge in [-0.1, -0.05) is 24.3 Å². The average molecular weight is 440 g/mol. The third kappa shape index (κ3) is 4.76. The van der Waals surface area contributed by atoms with Gasteiger partial charge in [0.1, 0.15) is 5.82 Å². The van der Waals surface area contributed by atoms with Gasteiger partial charge in [0.2, 0.25) is 20.0 Å². The van der Waals surface area contributed by atoms with Crippen LogP contribution in [-0.2, 0) is 20.0 Å². The second-order valence-corrected chi connectivity index (χ2v) is 10.7. The molecule has 0 aliphatic carbocycles. The molecule has 0 bridgehead atoms. The van der Waals surface area contributed by atoms with E-state index in [0.717, 1.165) is 4.41 Å². The first-order chi connectivity index (χ1) is 13.6. The van der Waals surface area contributed by atoms with Crippen LogP contribution in [0.4, 0.5) is 10.1 Å². The summed E-state index contributed by atoms with van der Waals surface area (Å²) in [5.41, 5.74) is 2.13. The van der Waals surface area contributed by atoms with E-state index >= 15 is 0 Å². The number of nitrogens with one attached hydrogen (secondary N) is 1. The fraction of sp³-hybridized carbons (Fsp3) is 0.316. The van der Waals surface area contributed by atoms with Crippen LogP contribution in [-0.4, -0.2) is 38.5 Å². The largest absolute Gasteiger partial charge is 0.284 e. The lowest BCUT2D eigenvalue weighted by molar-refractivity contribution is 0.371. The zero-order chi connectivity index (χ0) is 21.2. The van der Waals surface area contributed by atoms with Crippen LogP contribution >= 0.6 is 0 Å². The molecule has 1 N–H and O–H groups in total. The quantitative estimate of drug-likeness (QED) is 0.717. The smallest absolute Gasteiger partial charge is 0.250 e. The average Bonchev–Trinajstić information content (AvgIpc) is 3.15. The van der Waals surface area contributed by atoms with Gasteiger partial charge in [0.05, 0.1) is 23.3 Å². The highest BCUT2D eigenvalue weighted by atomic mass is 32.2. The molecule has 0 fully saturated rings. The van der Waals surface area contributed by atoms with Gasteiger partial charge in [-0.25, -0.2) is 21.2 Å². The summed E-state index contributed by atoms with van der Waals surface area (Å²) in [6.45, 7) is 3.07. The predicted molar refractivity (Wildman–Crippen MR) is 111 cm³/mol. The molecule has 2 aromatic rings. The Balaban J connectivity index is 1.92.